The Morgan fingerprint density at radius 1 is 0.973 bits per heavy atom. The molecule has 3 aromatic carbocycles. The lowest BCUT2D eigenvalue weighted by Crippen LogP contribution is -2.29. The number of Topliss-reactive ketones (excluding diaryl/α,β-unsaturated/α-hetero) is 1. The summed E-state index contributed by atoms with van der Waals surface area (Å²) in [5.41, 5.74) is 2.99. The fraction of sp³-hybridized carbons (Fsp3) is 0.133. The van der Waals surface area contributed by atoms with Crippen molar-refractivity contribution in [1.29, 1.82) is 0 Å². The molecule has 1 unspecified atom stereocenters. The third-order valence-corrected chi connectivity index (χ3v) is 6.42. The van der Waals surface area contributed by atoms with Crippen LogP contribution in [0.2, 0.25) is 0 Å². The number of nitrogens with zero attached hydrogens (tertiary/aromatic N) is 1. The number of aryl methyl sites for hydroxylation is 1. The molecule has 1 saturated heterocycles. The van der Waals surface area contributed by atoms with E-state index in [0.717, 1.165) is 11.1 Å². The first kappa shape index (κ1) is 23.9. The molecule has 1 fully saturated rings. The van der Waals surface area contributed by atoms with E-state index >= 15 is 0 Å². The summed E-state index contributed by atoms with van der Waals surface area (Å²) in [6.07, 6.45) is 1.48. The van der Waals surface area contributed by atoms with Gasteiger partial charge in [-0.25, -0.2) is 0 Å². The molecule has 37 heavy (non-hydrogen) atoms. The number of phenols is 1. The van der Waals surface area contributed by atoms with E-state index in [1.807, 2.05) is 31.2 Å². The summed E-state index contributed by atoms with van der Waals surface area (Å²) >= 11 is 0. The fourth-order valence-corrected chi connectivity index (χ4v) is 4.45. The van der Waals surface area contributed by atoms with Crippen LogP contribution in [0.4, 0.5) is 0 Å². The molecule has 0 aliphatic carbocycles. The standard InChI is InChI=1S/C30H25NO6/c1-19-6-2-3-7-22(19)18-37-24-13-11-20(12-14-24)28(33)26-27(21-8-4-9-23(32)16-21)31(30(35)29(26)34)17-25-10-5-15-36-25/h2-16,27,32-33H,17-18H2,1H3/b28-26-. The van der Waals surface area contributed by atoms with Gasteiger partial charge in [0.05, 0.1) is 24.4 Å². The number of furan rings is 1. The maximum absolute atomic E-state index is 13.2. The van der Waals surface area contributed by atoms with Crippen LogP contribution in [-0.4, -0.2) is 26.8 Å². The average Bonchev–Trinajstić information content (AvgIpc) is 3.50. The monoisotopic (exact) mass is 495 g/mol. The van der Waals surface area contributed by atoms with Gasteiger partial charge in [-0.15, -0.1) is 0 Å². The Bertz CT molecular complexity index is 1470. The van der Waals surface area contributed by atoms with Gasteiger partial charge in [0.1, 0.15) is 29.6 Å². The number of hydrogen-bond acceptors (Lipinski definition) is 6. The van der Waals surface area contributed by atoms with Gasteiger partial charge in [0.25, 0.3) is 11.7 Å². The summed E-state index contributed by atoms with van der Waals surface area (Å²) in [6.45, 7) is 2.44. The van der Waals surface area contributed by atoms with Crippen LogP contribution in [0.15, 0.2) is 101 Å². The zero-order valence-electron chi connectivity index (χ0n) is 20.1. The van der Waals surface area contributed by atoms with Crippen LogP contribution >= 0.6 is 0 Å². The number of aliphatic hydroxyl groups is 1. The van der Waals surface area contributed by atoms with Gasteiger partial charge in [-0.2, -0.15) is 0 Å². The van der Waals surface area contributed by atoms with Crippen molar-refractivity contribution in [3.05, 3.63) is 125 Å². The van der Waals surface area contributed by atoms with Crippen molar-refractivity contribution in [3.63, 3.8) is 0 Å². The van der Waals surface area contributed by atoms with Gasteiger partial charge in [-0.3, -0.25) is 9.59 Å². The minimum absolute atomic E-state index is 0.0174. The van der Waals surface area contributed by atoms with E-state index in [4.69, 9.17) is 9.15 Å². The fourth-order valence-electron chi connectivity index (χ4n) is 4.45. The van der Waals surface area contributed by atoms with Crippen molar-refractivity contribution in [3.8, 4) is 11.5 Å². The average molecular weight is 496 g/mol. The Hall–Kier alpha value is -4.78. The van der Waals surface area contributed by atoms with Gasteiger partial charge in [-0.05, 0) is 72.1 Å². The zero-order valence-corrected chi connectivity index (χ0v) is 20.1. The number of aromatic hydroxyl groups is 1. The second-order valence-electron chi connectivity index (χ2n) is 8.84. The number of likely N-dealkylation sites (tertiary alicyclic amines) is 1. The summed E-state index contributed by atoms with van der Waals surface area (Å²) in [4.78, 5) is 27.5. The summed E-state index contributed by atoms with van der Waals surface area (Å²) < 4.78 is 11.3. The van der Waals surface area contributed by atoms with Crippen LogP contribution in [0, 0.1) is 6.92 Å². The van der Waals surface area contributed by atoms with Crippen LogP contribution in [0.1, 0.15) is 34.1 Å². The Balaban J connectivity index is 1.47. The van der Waals surface area contributed by atoms with Crippen molar-refractivity contribution >= 4 is 17.4 Å². The molecule has 186 valence electrons. The molecular weight excluding hydrogens is 470 g/mol. The molecule has 7 heteroatoms. The highest BCUT2D eigenvalue weighted by Crippen LogP contribution is 2.41. The first-order chi connectivity index (χ1) is 17.9. The lowest BCUT2D eigenvalue weighted by molar-refractivity contribution is -0.140. The number of benzene rings is 3. The maximum Gasteiger partial charge on any atom is 0.296 e. The van der Waals surface area contributed by atoms with Crippen LogP contribution in [0.5, 0.6) is 11.5 Å². The van der Waals surface area contributed by atoms with E-state index in [2.05, 4.69) is 0 Å². The molecule has 1 atom stereocenters. The van der Waals surface area contributed by atoms with Gasteiger partial charge < -0.3 is 24.3 Å². The molecule has 5 rings (SSSR count). The summed E-state index contributed by atoms with van der Waals surface area (Å²) in [6, 6.07) is 23.4. The number of carbonyl (C=O) groups is 2. The molecule has 0 bridgehead atoms. The SMILES string of the molecule is Cc1ccccc1COc1ccc(/C(O)=C2/C(=O)C(=O)N(Cc3ccco3)C2c2cccc(O)c2)cc1. The molecule has 1 aromatic heterocycles. The van der Waals surface area contributed by atoms with Crippen molar-refractivity contribution in [2.45, 2.75) is 26.1 Å². The normalized spacial score (nSPS) is 16.8. The van der Waals surface area contributed by atoms with E-state index in [0.29, 0.717) is 29.2 Å². The van der Waals surface area contributed by atoms with E-state index < -0.39 is 17.7 Å². The predicted octanol–water partition coefficient (Wildman–Crippen LogP) is 5.49. The van der Waals surface area contributed by atoms with E-state index in [-0.39, 0.29) is 23.6 Å². The second kappa shape index (κ2) is 10.1. The second-order valence-corrected chi connectivity index (χ2v) is 8.84. The first-order valence-corrected chi connectivity index (χ1v) is 11.8. The molecular formula is C30H25NO6. The van der Waals surface area contributed by atoms with Gasteiger partial charge >= 0.3 is 0 Å². The number of carbonyl (C=O) groups excluding carboxylic acids is 2. The summed E-state index contributed by atoms with van der Waals surface area (Å²) in [5, 5.41) is 21.3. The first-order valence-electron chi connectivity index (χ1n) is 11.8. The van der Waals surface area contributed by atoms with Gasteiger partial charge in [0.2, 0.25) is 0 Å². The molecule has 1 aliphatic heterocycles. The molecule has 0 saturated carbocycles. The van der Waals surface area contributed by atoms with Crippen molar-refractivity contribution in [1.82, 2.24) is 4.90 Å². The van der Waals surface area contributed by atoms with Gasteiger partial charge in [-0.1, -0.05) is 36.4 Å². The quantitative estimate of drug-likeness (QED) is 0.200. The third kappa shape index (κ3) is 4.84. The lowest BCUT2D eigenvalue weighted by atomic mass is 9.95. The molecule has 1 amide bonds. The molecule has 0 radical (unpaired) electrons. The Labute approximate surface area is 213 Å². The van der Waals surface area contributed by atoms with E-state index in [1.54, 1.807) is 48.5 Å². The molecule has 0 spiro atoms. The number of aliphatic hydroxyl groups excluding tert-OH is 1. The highest BCUT2D eigenvalue weighted by atomic mass is 16.5. The van der Waals surface area contributed by atoms with Crippen molar-refractivity contribution in [2.24, 2.45) is 0 Å². The minimum atomic E-state index is -0.908. The number of ketones is 1. The molecule has 1 aliphatic rings. The summed E-state index contributed by atoms with van der Waals surface area (Å²) in [5.74, 6) is -0.804. The number of rotatable bonds is 7. The predicted molar refractivity (Wildman–Crippen MR) is 137 cm³/mol. The van der Waals surface area contributed by atoms with Crippen molar-refractivity contribution < 1.29 is 29.0 Å². The van der Waals surface area contributed by atoms with Crippen molar-refractivity contribution in [2.75, 3.05) is 0 Å². The topological polar surface area (TPSA) is 100 Å². The number of ether oxygens (including phenoxy) is 1. The third-order valence-electron chi connectivity index (χ3n) is 6.42. The molecule has 2 heterocycles. The summed E-state index contributed by atoms with van der Waals surface area (Å²) in [7, 11) is 0. The van der Waals surface area contributed by atoms with Crippen LogP contribution < -0.4 is 4.74 Å². The number of hydrogen-bond donors (Lipinski definition) is 2. The Morgan fingerprint density at radius 2 is 1.76 bits per heavy atom. The lowest BCUT2D eigenvalue weighted by Gasteiger charge is -2.24. The minimum Gasteiger partial charge on any atom is -0.508 e. The Kier molecular flexibility index (Phi) is 6.51. The highest BCUT2D eigenvalue weighted by molar-refractivity contribution is 6.46. The molecule has 4 aromatic rings. The number of amides is 1. The zero-order chi connectivity index (χ0) is 25.9. The number of phenolic OH excluding ortho intramolecular Hbond substituents is 1. The Morgan fingerprint density at radius 3 is 2.46 bits per heavy atom. The van der Waals surface area contributed by atoms with Crippen LogP contribution in [-0.2, 0) is 22.7 Å². The largest absolute Gasteiger partial charge is 0.508 e. The van der Waals surface area contributed by atoms with Gasteiger partial charge in [0, 0.05) is 5.56 Å². The molecule has 7 nitrogen and oxygen atoms in total. The molecule has 2 N–H and O–H groups in total. The smallest absolute Gasteiger partial charge is 0.296 e. The maximum atomic E-state index is 13.2. The highest BCUT2D eigenvalue weighted by Gasteiger charge is 2.46. The van der Waals surface area contributed by atoms with E-state index in [1.165, 1.54) is 23.3 Å². The van der Waals surface area contributed by atoms with E-state index in [9.17, 15) is 19.8 Å². The van der Waals surface area contributed by atoms with Crippen LogP contribution in [0.25, 0.3) is 5.76 Å². The van der Waals surface area contributed by atoms with Crippen LogP contribution in [0.3, 0.4) is 0 Å². The van der Waals surface area contributed by atoms with Gasteiger partial charge in [0.15, 0.2) is 0 Å².